The van der Waals surface area contributed by atoms with Gasteiger partial charge in [-0.3, -0.25) is 4.68 Å². The topological polar surface area (TPSA) is 38.0 Å². The summed E-state index contributed by atoms with van der Waals surface area (Å²) in [6.07, 6.45) is 4.61. The van der Waals surface area contributed by atoms with Crippen LogP contribution in [0.1, 0.15) is 23.7 Å². The molecule has 18 heavy (non-hydrogen) atoms. The molecule has 0 spiro atoms. The summed E-state index contributed by atoms with van der Waals surface area (Å²) in [7, 11) is 1.88. The van der Waals surface area contributed by atoms with Crippen molar-refractivity contribution in [2.24, 2.45) is 7.05 Å². The Bertz CT molecular complexity index is 542. The second-order valence-electron chi connectivity index (χ2n) is 4.22. The van der Waals surface area contributed by atoms with E-state index in [1.165, 1.54) is 0 Å². The van der Waals surface area contributed by atoms with Gasteiger partial charge in [-0.15, -0.1) is 0 Å². The number of rotatable bonds is 4. The molecule has 5 heteroatoms. The second kappa shape index (κ2) is 5.87. The molecule has 0 fully saturated rings. The highest BCUT2D eigenvalue weighted by atomic mass is 79.9. The van der Waals surface area contributed by atoms with Crippen molar-refractivity contribution in [3.05, 3.63) is 51.2 Å². The Balaban J connectivity index is 2.03. The Morgan fingerprint density at radius 2 is 2.28 bits per heavy atom. The smallest absolute Gasteiger partial charge is 0.0808 e. The summed E-state index contributed by atoms with van der Waals surface area (Å²) in [6.45, 7) is 0. The summed E-state index contributed by atoms with van der Waals surface area (Å²) in [6, 6.07) is 5.58. The molecule has 0 aliphatic carbocycles. The molecule has 1 aromatic heterocycles. The predicted octanol–water partition coefficient (Wildman–Crippen LogP) is 3.50. The van der Waals surface area contributed by atoms with Crippen molar-refractivity contribution in [3.8, 4) is 0 Å². The molecule has 96 valence electrons. The number of halogens is 2. The zero-order valence-electron chi connectivity index (χ0n) is 9.98. The minimum absolute atomic E-state index is 0.560. The zero-order chi connectivity index (χ0) is 13.1. The van der Waals surface area contributed by atoms with Crippen molar-refractivity contribution in [2.45, 2.75) is 18.9 Å². The molecule has 0 aliphatic heterocycles. The fourth-order valence-electron chi connectivity index (χ4n) is 1.84. The number of hydrogen-bond donors (Lipinski definition) is 1. The summed E-state index contributed by atoms with van der Waals surface area (Å²) in [4.78, 5) is 0. The molecular weight excluding hydrogens is 316 g/mol. The van der Waals surface area contributed by atoms with Gasteiger partial charge in [0.05, 0.1) is 17.3 Å². The fraction of sp³-hybridized carbons (Fsp3) is 0.308. The molecular formula is C13H14BrClN2O. The number of aliphatic hydroxyl groups excluding tert-OH is 1. The maximum Gasteiger partial charge on any atom is 0.0808 e. The molecule has 0 saturated heterocycles. The number of aryl methyl sites for hydroxylation is 2. The molecule has 0 amide bonds. The van der Waals surface area contributed by atoms with Crippen molar-refractivity contribution in [1.29, 1.82) is 0 Å². The Labute approximate surface area is 120 Å². The fourth-order valence-corrected chi connectivity index (χ4v) is 2.47. The molecule has 0 radical (unpaired) electrons. The summed E-state index contributed by atoms with van der Waals surface area (Å²) in [5.74, 6) is 0. The van der Waals surface area contributed by atoms with E-state index >= 15 is 0 Å². The van der Waals surface area contributed by atoms with Gasteiger partial charge in [0.2, 0.25) is 0 Å². The lowest BCUT2D eigenvalue weighted by Gasteiger charge is -2.12. The molecule has 1 unspecified atom stereocenters. The highest BCUT2D eigenvalue weighted by Crippen LogP contribution is 2.31. The van der Waals surface area contributed by atoms with Crippen LogP contribution < -0.4 is 0 Å². The van der Waals surface area contributed by atoms with Crippen LogP contribution in [-0.2, 0) is 13.5 Å². The number of aliphatic hydroxyl groups is 1. The van der Waals surface area contributed by atoms with Crippen LogP contribution in [0.25, 0.3) is 0 Å². The maximum absolute atomic E-state index is 10.2. The third-order valence-electron chi connectivity index (χ3n) is 2.81. The molecule has 1 heterocycles. The molecule has 0 saturated carbocycles. The molecule has 0 aliphatic rings. The Morgan fingerprint density at radius 1 is 1.50 bits per heavy atom. The summed E-state index contributed by atoms with van der Waals surface area (Å²) in [5.41, 5.74) is 1.87. The van der Waals surface area contributed by atoms with Crippen LogP contribution in [0.4, 0.5) is 0 Å². The van der Waals surface area contributed by atoms with Gasteiger partial charge in [-0.25, -0.2) is 0 Å². The van der Waals surface area contributed by atoms with Crippen molar-refractivity contribution in [1.82, 2.24) is 9.78 Å². The van der Waals surface area contributed by atoms with Gasteiger partial charge in [0.15, 0.2) is 0 Å². The number of nitrogens with zero attached hydrogens (tertiary/aromatic N) is 2. The molecule has 0 bridgehead atoms. The highest BCUT2D eigenvalue weighted by Gasteiger charge is 2.13. The van der Waals surface area contributed by atoms with E-state index in [0.29, 0.717) is 11.4 Å². The first kappa shape index (κ1) is 13.6. The van der Waals surface area contributed by atoms with E-state index in [1.807, 2.05) is 37.6 Å². The number of aromatic nitrogens is 2. The minimum Gasteiger partial charge on any atom is -0.388 e. The standard InChI is InChI=1S/C13H14BrClN2O/c1-17-8-9(7-16-17)5-6-12(18)10-3-2-4-11(14)13(10)15/h2-4,7-8,12,18H,5-6H2,1H3. The van der Waals surface area contributed by atoms with E-state index in [9.17, 15) is 5.11 Å². The SMILES string of the molecule is Cn1cc(CCC(O)c2cccc(Br)c2Cl)cn1. The third kappa shape index (κ3) is 3.13. The molecule has 1 aromatic carbocycles. The molecule has 1 N–H and O–H groups in total. The number of hydrogen-bond acceptors (Lipinski definition) is 2. The first-order chi connectivity index (χ1) is 8.58. The third-order valence-corrected chi connectivity index (χ3v) is 4.12. The van der Waals surface area contributed by atoms with E-state index in [-0.39, 0.29) is 0 Å². The Kier molecular flexibility index (Phi) is 4.43. The van der Waals surface area contributed by atoms with Crippen molar-refractivity contribution < 1.29 is 5.11 Å². The van der Waals surface area contributed by atoms with E-state index in [1.54, 1.807) is 4.68 Å². The van der Waals surface area contributed by atoms with Crippen LogP contribution in [0.2, 0.25) is 5.02 Å². The van der Waals surface area contributed by atoms with Gasteiger partial charge < -0.3 is 5.11 Å². The van der Waals surface area contributed by atoms with Crippen LogP contribution >= 0.6 is 27.5 Å². The largest absolute Gasteiger partial charge is 0.388 e. The quantitative estimate of drug-likeness (QED) is 0.932. The lowest BCUT2D eigenvalue weighted by atomic mass is 10.0. The van der Waals surface area contributed by atoms with Gasteiger partial charge >= 0.3 is 0 Å². The van der Waals surface area contributed by atoms with Crippen LogP contribution in [0.15, 0.2) is 35.1 Å². The summed E-state index contributed by atoms with van der Waals surface area (Å²) in [5, 5.41) is 14.8. The van der Waals surface area contributed by atoms with Gasteiger partial charge in [-0.05, 0) is 40.4 Å². The maximum atomic E-state index is 10.2. The minimum atomic E-state index is -0.560. The Hall–Kier alpha value is -0.840. The van der Waals surface area contributed by atoms with Crippen LogP contribution in [0.3, 0.4) is 0 Å². The van der Waals surface area contributed by atoms with E-state index in [2.05, 4.69) is 21.0 Å². The van der Waals surface area contributed by atoms with Gasteiger partial charge in [0, 0.05) is 23.3 Å². The van der Waals surface area contributed by atoms with Crippen molar-refractivity contribution in [2.75, 3.05) is 0 Å². The van der Waals surface area contributed by atoms with Gasteiger partial charge in [0.25, 0.3) is 0 Å². The highest BCUT2D eigenvalue weighted by molar-refractivity contribution is 9.10. The summed E-state index contributed by atoms with van der Waals surface area (Å²) < 4.78 is 2.57. The predicted molar refractivity (Wildman–Crippen MR) is 75.6 cm³/mol. The lowest BCUT2D eigenvalue weighted by molar-refractivity contribution is 0.168. The molecule has 3 nitrogen and oxygen atoms in total. The van der Waals surface area contributed by atoms with Crippen molar-refractivity contribution in [3.63, 3.8) is 0 Å². The monoisotopic (exact) mass is 328 g/mol. The zero-order valence-corrected chi connectivity index (χ0v) is 12.3. The summed E-state index contributed by atoms with van der Waals surface area (Å²) >= 11 is 9.51. The first-order valence-corrected chi connectivity index (χ1v) is 6.84. The van der Waals surface area contributed by atoms with E-state index in [0.717, 1.165) is 22.0 Å². The normalized spacial score (nSPS) is 12.7. The number of benzene rings is 1. The molecule has 1 atom stereocenters. The van der Waals surface area contributed by atoms with E-state index < -0.39 is 6.10 Å². The molecule has 2 aromatic rings. The second-order valence-corrected chi connectivity index (χ2v) is 5.45. The van der Waals surface area contributed by atoms with Gasteiger partial charge in [-0.1, -0.05) is 23.7 Å². The van der Waals surface area contributed by atoms with Gasteiger partial charge in [0.1, 0.15) is 0 Å². The average Bonchev–Trinajstić information content (AvgIpc) is 2.76. The van der Waals surface area contributed by atoms with Crippen molar-refractivity contribution >= 4 is 27.5 Å². The average molecular weight is 330 g/mol. The lowest BCUT2D eigenvalue weighted by Crippen LogP contribution is -2.00. The molecule has 2 rings (SSSR count). The van der Waals surface area contributed by atoms with Crippen LogP contribution in [0, 0.1) is 0 Å². The Morgan fingerprint density at radius 3 is 2.94 bits per heavy atom. The van der Waals surface area contributed by atoms with Crippen LogP contribution in [0.5, 0.6) is 0 Å². The van der Waals surface area contributed by atoms with E-state index in [4.69, 9.17) is 11.6 Å². The van der Waals surface area contributed by atoms with Gasteiger partial charge in [-0.2, -0.15) is 5.10 Å². The first-order valence-electron chi connectivity index (χ1n) is 5.67. The van der Waals surface area contributed by atoms with Crippen LogP contribution in [-0.4, -0.2) is 14.9 Å².